The highest BCUT2D eigenvalue weighted by Gasteiger charge is 2.77. The van der Waals surface area contributed by atoms with Gasteiger partial charge in [0.15, 0.2) is 5.41 Å². The Bertz CT molecular complexity index is 470. The van der Waals surface area contributed by atoms with E-state index in [2.05, 4.69) is 0 Å². The van der Waals surface area contributed by atoms with Crippen molar-refractivity contribution < 1.29 is 23.1 Å². The molecule has 1 unspecified atom stereocenters. The van der Waals surface area contributed by atoms with Gasteiger partial charge in [0.1, 0.15) is 5.82 Å². The van der Waals surface area contributed by atoms with Crippen LogP contribution in [0.15, 0.2) is 18.2 Å². The number of alkyl halides is 2. The maximum Gasteiger partial charge on any atom is 0.320 e. The van der Waals surface area contributed by atoms with E-state index in [0.29, 0.717) is 0 Å². The maximum absolute atomic E-state index is 13.1. The Morgan fingerprint density at radius 3 is 2.38 bits per heavy atom. The number of rotatable bonds is 2. The molecule has 1 N–H and O–H groups in total. The Morgan fingerprint density at radius 1 is 1.44 bits per heavy atom. The van der Waals surface area contributed by atoms with E-state index in [9.17, 15) is 18.0 Å². The molecule has 0 heterocycles. The molecule has 1 aromatic rings. The second kappa shape index (κ2) is 2.99. The molecule has 0 bridgehead atoms. The lowest BCUT2D eigenvalue weighted by Crippen LogP contribution is -2.27. The topological polar surface area (TPSA) is 37.3 Å². The molecular formula is C11H9F3O2. The zero-order valence-electron chi connectivity index (χ0n) is 8.43. The van der Waals surface area contributed by atoms with Gasteiger partial charge in [0, 0.05) is 6.42 Å². The van der Waals surface area contributed by atoms with Crippen molar-refractivity contribution in [1.82, 2.24) is 0 Å². The van der Waals surface area contributed by atoms with Crippen LogP contribution in [-0.4, -0.2) is 17.0 Å². The number of hydrogen-bond acceptors (Lipinski definition) is 1. The summed E-state index contributed by atoms with van der Waals surface area (Å²) in [6.45, 7) is 1.41. The van der Waals surface area contributed by atoms with Gasteiger partial charge in [-0.05, 0) is 24.1 Å². The molecule has 1 saturated carbocycles. The van der Waals surface area contributed by atoms with Gasteiger partial charge >= 0.3 is 5.97 Å². The van der Waals surface area contributed by atoms with Gasteiger partial charge in [0.2, 0.25) is 0 Å². The summed E-state index contributed by atoms with van der Waals surface area (Å²) in [4.78, 5) is 10.9. The number of benzene rings is 1. The Kier molecular flexibility index (Phi) is 2.05. The highest BCUT2D eigenvalue weighted by atomic mass is 19.3. The third-order valence-corrected chi connectivity index (χ3v) is 3.00. The molecule has 16 heavy (non-hydrogen) atoms. The van der Waals surface area contributed by atoms with Crippen molar-refractivity contribution in [3.63, 3.8) is 0 Å². The lowest BCUT2D eigenvalue weighted by atomic mass is 9.94. The Morgan fingerprint density at radius 2 is 2.00 bits per heavy atom. The molecule has 1 aliphatic rings. The molecule has 1 aromatic carbocycles. The number of carboxylic acids is 1. The molecular weight excluding hydrogens is 221 g/mol. The maximum atomic E-state index is 13.1. The number of halogens is 3. The first-order valence-electron chi connectivity index (χ1n) is 4.69. The third kappa shape index (κ3) is 1.24. The van der Waals surface area contributed by atoms with E-state index in [-0.39, 0.29) is 11.1 Å². The summed E-state index contributed by atoms with van der Waals surface area (Å²) in [7, 11) is 0. The lowest BCUT2D eigenvalue weighted by Gasteiger charge is -2.12. The number of aliphatic carboxylic acids is 1. The molecule has 0 radical (unpaired) electrons. The Balaban J connectivity index is 2.51. The van der Waals surface area contributed by atoms with E-state index in [1.165, 1.54) is 13.0 Å². The van der Waals surface area contributed by atoms with Crippen molar-refractivity contribution in [2.24, 2.45) is 0 Å². The fourth-order valence-corrected chi connectivity index (χ4v) is 1.87. The van der Waals surface area contributed by atoms with Crippen molar-refractivity contribution >= 4 is 5.97 Å². The highest BCUT2D eigenvalue weighted by Crippen LogP contribution is 2.61. The van der Waals surface area contributed by atoms with Crippen LogP contribution in [0, 0.1) is 12.7 Å². The van der Waals surface area contributed by atoms with Crippen LogP contribution >= 0.6 is 0 Å². The molecule has 0 saturated heterocycles. The van der Waals surface area contributed by atoms with Gasteiger partial charge in [-0.2, -0.15) is 0 Å². The van der Waals surface area contributed by atoms with Crippen LogP contribution in [0.25, 0.3) is 0 Å². The second-order valence-corrected chi connectivity index (χ2v) is 4.06. The first-order valence-corrected chi connectivity index (χ1v) is 4.69. The monoisotopic (exact) mass is 230 g/mol. The second-order valence-electron chi connectivity index (χ2n) is 4.06. The molecule has 2 rings (SSSR count). The summed E-state index contributed by atoms with van der Waals surface area (Å²) in [5, 5.41) is 8.88. The zero-order chi connectivity index (χ0) is 12.1. The van der Waals surface area contributed by atoms with Gasteiger partial charge in [-0.3, -0.25) is 4.79 Å². The molecule has 0 spiro atoms. The van der Waals surface area contributed by atoms with Crippen LogP contribution in [0.5, 0.6) is 0 Å². The molecule has 5 heteroatoms. The SMILES string of the molecule is Cc1cc(C2(C(=O)O)CC2(F)F)ccc1F. The predicted octanol–water partition coefficient (Wildman–Crippen LogP) is 2.50. The average Bonchev–Trinajstić information content (AvgIpc) is 2.75. The minimum atomic E-state index is -3.25. The smallest absolute Gasteiger partial charge is 0.320 e. The number of hydrogen-bond donors (Lipinski definition) is 1. The van der Waals surface area contributed by atoms with E-state index in [4.69, 9.17) is 5.11 Å². The molecule has 2 nitrogen and oxygen atoms in total. The Labute approximate surface area is 89.7 Å². The van der Waals surface area contributed by atoms with Crippen molar-refractivity contribution in [3.05, 3.63) is 35.1 Å². The summed E-state index contributed by atoms with van der Waals surface area (Å²) < 4.78 is 39.3. The lowest BCUT2D eigenvalue weighted by molar-refractivity contribution is -0.142. The summed E-state index contributed by atoms with van der Waals surface area (Å²) in [5.41, 5.74) is -2.03. The fourth-order valence-electron chi connectivity index (χ4n) is 1.87. The van der Waals surface area contributed by atoms with E-state index >= 15 is 0 Å². The predicted molar refractivity (Wildman–Crippen MR) is 50.0 cm³/mol. The van der Waals surface area contributed by atoms with Crippen LogP contribution in [0.1, 0.15) is 17.5 Å². The van der Waals surface area contributed by atoms with Crippen molar-refractivity contribution in [1.29, 1.82) is 0 Å². The molecule has 86 valence electrons. The van der Waals surface area contributed by atoms with Crippen LogP contribution in [0.2, 0.25) is 0 Å². The Hall–Kier alpha value is -1.52. The molecule has 1 aliphatic carbocycles. The van der Waals surface area contributed by atoms with Gasteiger partial charge in [-0.1, -0.05) is 12.1 Å². The summed E-state index contributed by atoms with van der Waals surface area (Å²) in [6.07, 6.45) is -0.722. The van der Waals surface area contributed by atoms with E-state index in [0.717, 1.165) is 12.1 Å². The standard InChI is InChI=1S/C11H9F3O2/c1-6-4-7(2-3-8(6)12)10(9(15)16)5-11(10,13)14/h2-4H,5H2,1H3,(H,15,16). The number of aryl methyl sites for hydroxylation is 1. The van der Waals surface area contributed by atoms with Crippen LogP contribution < -0.4 is 0 Å². The zero-order valence-corrected chi connectivity index (χ0v) is 8.43. The molecule has 0 aromatic heterocycles. The molecule has 0 amide bonds. The van der Waals surface area contributed by atoms with Gasteiger partial charge < -0.3 is 5.11 Å². The summed E-state index contributed by atoms with van der Waals surface area (Å²) in [5.74, 6) is -5.35. The highest BCUT2D eigenvalue weighted by molar-refractivity contribution is 5.87. The van der Waals surface area contributed by atoms with Gasteiger partial charge in [-0.15, -0.1) is 0 Å². The van der Waals surface area contributed by atoms with Gasteiger partial charge in [-0.25, -0.2) is 13.2 Å². The quantitative estimate of drug-likeness (QED) is 0.847. The van der Waals surface area contributed by atoms with Crippen LogP contribution in [0.4, 0.5) is 13.2 Å². The molecule has 0 aliphatic heterocycles. The minimum Gasteiger partial charge on any atom is -0.480 e. The summed E-state index contributed by atoms with van der Waals surface area (Å²) in [6, 6.07) is 3.30. The molecule has 1 atom stereocenters. The van der Waals surface area contributed by atoms with Crippen LogP contribution in [0.3, 0.4) is 0 Å². The van der Waals surface area contributed by atoms with Crippen molar-refractivity contribution in [2.75, 3.05) is 0 Å². The minimum absolute atomic E-state index is 0.0381. The van der Waals surface area contributed by atoms with Crippen LogP contribution in [-0.2, 0) is 10.2 Å². The van der Waals surface area contributed by atoms with E-state index in [1.807, 2.05) is 0 Å². The average molecular weight is 230 g/mol. The first-order chi connectivity index (χ1) is 7.31. The van der Waals surface area contributed by atoms with E-state index < -0.39 is 29.5 Å². The largest absolute Gasteiger partial charge is 0.480 e. The van der Waals surface area contributed by atoms with Gasteiger partial charge in [0.05, 0.1) is 0 Å². The summed E-state index contributed by atoms with van der Waals surface area (Å²) >= 11 is 0. The number of carboxylic acid groups (broad SMARTS) is 1. The van der Waals surface area contributed by atoms with Crippen molar-refractivity contribution in [3.8, 4) is 0 Å². The van der Waals surface area contributed by atoms with Gasteiger partial charge in [0.25, 0.3) is 5.92 Å². The fraction of sp³-hybridized carbons (Fsp3) is 0.364. The molecule has 1 fully saturated rings. The van der Waals surface area contributed by atoms with E-state index in [1.54, 1.807) is 0 Å². The number of carbonyl (C=O) groups is 1. The first kappa shape index (κ1) is 11.0. The van der Waals surface area contributed by atoms with Crippen molar-refractivity contribution in [2.45, 2.75) is 24.7 Å². The normalized spacial score (nSPS) is 26.5. The third-order valence-electron chi connectivity index (χ3n) is 3.00.